The lowest BCUT2D eigenvalue weighted by Crippen LogP contribution is -2.40. The average molecular weight is 333 g/mol. The summed E-state index contributed by atoms with van der Waals surface area (Å²) < 4.78 is 5.03. The molecule has 2 aromatic rings. The van der Waals surface area contributed by atoms with Crippen LogP contribution in [0.1, 0.15) is 15.2 Å². The van der Waals surface area contributed by atoms with E-state index in [1.165, 1.54) is 16.2 Å². The number of nitrogens with one attached hydrogen (secondary N) is 1. The Morgan fingerprint density at radius 1 is 1.30 bits per heavy atom. The minimum Gasteiger partial charge on any atom is -0.383 e. The molecule has 6 nitrogen and oxygen atoms in total. The van der Waals surface area contributed by atoms with E-state index in [2.05, 4.69) is 10.3 Å². The minimum atomic E-state index is -0.278. The first-order valence-electron chi connectivity index (χ1n) is 7.15. The van der Waals surface area contributed by atoms with Gasteiger partial charge in [0.25, 0.3) is 5.91 Å². The third-order valence-electron chi connectivity index (χ3n) is 3.08. The quantitative estimate of drug-likeness (QED) is 0.843. The zero-order valence-electron chi connectivity index (χ0n) is 13.1. The standard InChI is InChI=1S/C16H19N3O3S/c1-12-10-17-16(23-12)18-14(20)11-19(8-9-22-2)15(21)13-6-4-3-5-7-13/h3-7,10H,8-9,11H2,1-2H3,(H,17,18,20). The van der Waals surface area contributed by atoms with Gasteiger partial charge in [0.15, 0.2) is 5.13 Å². The van der Waals surface area contributed by atoms with Crippen LogP contribution in [0.3, 0.4) is 0 Å². The van der Waals surface area contributed by atoms with Crippen molar-refractivity contribution in [3.63, 3.8) is 0 Å². The number of thiazole rings is 1. The number of carbonyl (C=O) groups is 2. The Morgan fingerprint density at radius 2 is 2.04 bits per heavy atom. The molecule has 0 unspecified atom stereocenters. The number of methoxy groups -OCH3 is 1. The number of carbonyl (C=O) groups excluding carboxylic acids is 2. The highest BCUT2D eigenvalue weighted by atomic mass is 32.1. The van der Waals surface area contributed by atoms with E-state index in [1.54, 1.807) is 37.6 Å². The number of amides is 2. The maximum atomic E-state index is 12.5. The molecule has 0 aliphatic carbocycles. The summed E-state index contributed by atoms with van der Waals surface area (Å²) in [6.45, 7) is 2.57. The first-order chi connectivity index (χ1) is 11.1. The third kappa shape index (κ3) is 5.15. The van der Waals surface area contributed by atoms with E-state index in [4.69, 9.17) is 4.74 Å². The van der Waals surface area contributed by atoms with Crippen molar-refractivity contribution >= 4 is 28.3 Å². The summed E-state index contributed by atoms with van der Waals surface area (Å²) in [5.74, 6) is -0.479. The van der Waals surface area contributed by atoms with E-state index < -0.39 is 0 Å². The fourth-order valence-electron chi connectivity index (χ4n) is 1.96. The van der Waals surface area contributed by atoms with Crippen molar-refractivity contribution in [2.24, 2.45) is 0 Å². The van der Waals surface area contributed by atoms with Gasteiger partial charge in [0.05, 0.1) is 6.61 Å². The van der Waals surface area contributed by atoms with Crippen LogP contribution in [-0.4, -0.2) is 48.5 Å². The molecule has 1 N–H and O–H groups in total. The van der Waals surface area contributed by atoms with E-state index in [0.717, 1.165) is 4.88 Å². The van der Waals surface area contributed by atoms with Crippen LogP contribution in [-0.2, 0) is 9.53 Å². The lowest BCUT2D eigenvalue weighted by molar-refractivity contribution is -0.117. The van der Waals surface area contributed by atoms with Crippen LogP contribution < -0.4 is 5.32 Å². The molecule has 122 valence electrons. The molecule has 1 aromatic heterocycles. The number of nitrogens with zero attached hydrogens (tertiary/aromatic N) is 2. The second-order valence-electron chi connectivity index (χ2n) is 4.91. The molecule has 0 saturated heterocycles. The summed E-state index contributed by atoms with van der Waals surface area (Å²) in [6, 6.07) is 8.88. The van der Waals surface area contributed by atoms with Gasteiger partial charge in [-0.2, -0.15) is 0 Å². The van der Waals surface area contributed by atoms with Crippen LogP contribution in [0.2, 0.25) is 0 Å². The smallest absolute Gasteiger partial charge is 0.254 e. The second kappa shape index (κ2) is 8.40. The van der Waals surface area contributed by atoms with Crippen molar-refractivity contribution in [1.82, 2.24) is 9.88 Å². The van der Waals surface area contributed by atoms with Gasteiger partial charge >= 0.3 is 0 Å². The Balaban J connectivity index is 2.02. The number of hydrogen-bond donors (Lipinski definition) is 1. The molecule has 1 heterocycles. The highest BCUT2D eigenvalue weighted by Crippen LogP contribution is 2.16. The monoisotopic (exact) mass is 333 g/mol. The summed E-state index contributed by atoms with van der Waals surface area (Å²) in [5, 5.41) is 3.24. The van der Waals surface area contributed by atoms with Crippen molar-refractivity contribution in [3.8, 4) is 0 Å². The first-order valence-corrected chi connectivity index (χ1v) is 7.97. The lowest BCUT2D eigenvalue weighted by atomic mass is 10.2. The van der Waals surface area contributed by atoms with Crippen molar-refractivity contribution in [2.45, 2.75) is 6.92 Å². The highest BCUT2D eigenvalue weighted by molar-refractivity contribution is 7.15. The van der Waals surface area contributed by atoms with E-state index >= 15 is 0 Å². The van der Waals surface area contributed by atoms with Crippen LogP contribution in [0.15, 0.2) is 36.5 Å². The summed E-state index contributed by atoms with van der Waals surface area (Å²) in [6.07, 6.45) is 1.69. The molecular weight excluding hydrogens is 314 g/mol. The summed E-state index contributed by atoms with van der Waals surface area (Å²) in [7, 11) is 1.56. The maximum Gasteiger partial charge on any atom is 0.254 e. The average Bonchev–Trinajstić information content (AvgIpc) is 2.96. The number of ether oxygens (including phenoxy) is 1. The van der Waals surface area contributed by atoms with Gasteiger partial charge in [-0.05, 0) is 19.1 Å². The normalized spacial score (nSPS) is 10.3. The molecule has 2 rings (SSSR count). The molecule has 0 radical (unpaired) electrons. The van der Waals surface area contributed by atoms with Crippen LogP contribution >= 0.6 is 11.3 Å². The fraction of sp³-hybridized carbons (Fsp3) is 0.312. The molecule has 0 aliphatic rings. The predicted molar refractivity (Wildman–Crippen MR) is 89.7 cm³/mol. The van der Waals surface area contributed by atoms with Crippen molar-refractivity contribution < 1.29 is 14.3 Å². The van der Waals surface area contributed by atoms with Gasteiger partial charge in [-0.1, -0.05) is 18.2 Å². The Kier molecular flexibility index (Phi) is 6.25. The molecule has 0 fully saturated rings. The van der Waals surface area contributed by atoms with Crippen molar-refractivity contribution in [2.75, 3.05) is 32.1 Å². The maximum absolute atomic E-state index is 12.5. The zero-order valence-corrected chi connectivity index (χ0v) is 13.9. The molecular formula is C16H19N3O3S. The summed E-state index contributed by atoms with van der Waals surface area (Å²) >= 11 is 1.39. The molecule has 0 spiro atoms. The molecule has 0 bridgehead atoms. The minimum absolute atomic E-state index is 0.0459. The highest BCUT2D eigenvalue weighted by Gasteiger charge is 2.19. The first kappa shape index (κ1) is 17.1. The SMILES string of the molecule is COCCN(CC(=O)Nc1ncc(C)s1)C(=O)c1ccccc1. The number of benzene rings is 1. The van der Waals surface area contributed by atoms with Gasteiger partial charge in [0.2, 0.25) is 5.91 Å². The van der Waals surface area contributed by atoms with E-state index in [0.29, 0.717) is 23.8 Å². The summed E-state index contributed by atoms with van der Waals surface area (Å²) in [5.41, 5.74) is 0.543. The molecule has 1 aromatic carbocycles. The van der Waals surface area contributed by atoms with E-state index in [1.807, 2.05) is 13.0 Å². The third-order valence-corrected chi connectivity index (χ3v) is 3.90. The number of rotatable bonds is 7. The number of aromatic nitrogens is 1. The van der Waals surface area contributed by atoms with Gasteiger partial charge in [-0.15, -0.1) is 11.3 Å². The Morgan fingerprint density at radius 3 is 2.65 bits per heavy atom. The largest absolute Gasteiger partial charge is 0.383 e. The Bertz CT molecular complexity index is 658. The summed E-state index contributed by atoms with van der Waals surface area (Å²) in [4.78, 5) is 31.2. The fourth-order valence-corrected chi connectivity index (χ4v) is 2.64. The topological polar surface area (TPSA) is 71.5 Å². The number of aryl methyl sites for hydroxylation is 1. The molecule has 0 aliphatic heterocycles. The van der Waals surface area contributed by atoms with E-state index in [-0.39, 0.29) is 18.4 Å². The van der Waals surface area contributed by atoms with Gasteiger partial charge in [0.1, 0.15) is 6.54 Å². The predicted octanol–water partition coefficient (Wildman–Crippen LogP) is 2.18. The van der Waals surface area contributed by atoms with Crippen LogP contribution in [0.5, 0.6) is 0 Å². The van der Waals surface area contributed by atoms with E-state index in [9.17, 15) is 9.59 Å². The molecule has 7 heteroatoms. The van der Waals surface area contributed by atoms with Gasteiger partial charge in [-0.25, -0.2) is 4.98 Å². The lowest BCUT2D eigenvalue weighted by Gasteiger charge is -2.21. The molecule has 0 atom stereocenters. The van der Waals surface area contributed by atoms with Crippen LogP contribution in [0, 0.1) is 6.92 Å². The molecule has 23 heavy (non-hydrogen) atoms. The van der Waals surface area contributed by atoms with Gasteiger partial charge in [0, 0.05) is 30.3 Å². The number of hydrogen-bond acceptors (Lipinski definition) is 5. The Hall–Kier alpha value is -2.25. The van der Waals surface area contributed by atoms with Crippen molar-refractivity contribution in [1.29, 1.82) is 0 Å². The molecule has 2 amide bonds. The second-order valence-corrected chi connectivity index (χ2v) is 6.14. The van der Waals surface area contributed by atoms with Crippen LogP contribution in [0.25, 0.3) is 0 Å². The Labute approximate surface area is 139 Å². The number of anilines is 1. The zero-order chi connectivity index (χ0) is 16.7. The van der Waals surface area contributed by atoms with Gasteiger partial charge in [-0.3, -0.25) is 9.59 Å². The van der Waals surface area contributed by atoms with Gasteiger partial charge < -0.3 is 15.0 Å². The van der Waals surface area contributed by atoms with Crippen molar-refractivity contribution in [3.05, 3.63) is 47.0 Å². The molecule has 0 saturated carbocycles. The van der Waals surface area contributed by atoms with Crippen LogP contribution in [0.4, 0.5) is 5.13 Å².